The molecule has 0 aromatic carbocycles. The molecule has 1 amide bonds. The highest BCUT2D eigenvalue weighted by atomic mass is 16.5. The van der Waals surface area contributed by atoms with Crippen molar-refractivity contribution in [3.8, 4) is 0 Å². The zero-order valence-electron chi connectivity index (χ0n) is 14.9. The van der Waals surface area contributed by atoms with Gasteiger partial charge in [0.25, 0.3) is 0 Å². The minimum Gasteiger partial charge on any atom is -0.338 e. The second-order valence-corrected chi connectivity index (χ2v) is 7.14. The number of amides is 1. The Bertz CT molecular complexity index is 779. The molecule has 1 atom stereocenters. The third-order valence-electron chi connectivity index (χ3n) is 5.31. The molecule has 2 aromatic heterocycles. The van der Waals surface area contributed by atoms with Gasteiger partial charge < -0.3 is 9.09 Å². The van der Waals surface area contributed by atoms with Gasteiger partial charge in [-0.3, -0.25) is 15.0 Å². The SMILES string of the molecule is Cc1cc(NC(=O)CN2CCC[C@@H]2c2nc3c(n2C)CCCC3)on1. The van der Waals surface area contributed by atoms with Crippen LogP contribution in [0.1, 0.15) is 54.6 Å². The van der Waals surface area contributed by atoms with Crippen molar-refractivity contribution >= 4 is 11.8 Å². The van der Waals surface area contributed by atoms with E-state index in [2.05, 4.69) is 27.0 Å². The summed E-state index contributed by atoms with van der Waals surface area (Å²) in [6, 6.07) is 1.95. The highest BCUT2D eigenvalue weighted by molar-refractivity contribution is 5.91. The first-order chi connectivity index (χ1) is 12.1. The number of carbonyl (C=O) groups excluding carboxylic acids is 1. The van der Waals surface area contributed by atoms with Crippen LogP contribution in [0, 0.1) is 6.92 Å². The molecule has 4 rings (SSSR count). The van der Waals surface area contributed by atoms with Crippen molar-refractivity contribution in [2.75, 3.05) is 18.4 Å². The van der Waals surface area contributed by atoms with E-state index in [-0.39, 0.29) is 11.9 Å². The molecule has 0 unspecified atom stereocenters. The minimum atomic E-state index is -0.0676. The molecule has 0 spiro atoms. The molecule has 1 aliphatic heterocycles. The average molecular weight is 343 g/mol. The first kappa shape index (κ1) is 16.3. The van der Waals surface area contributed by atoms with Crippen LogP contribution in [0.25, 0.3) is 0 Å². The van der Waals surface area contributed by atoms with Crippen molar-refractivity contribution in [1.29, 1.82) is 0 Å². The molecule has 25 heavy (non-hydrogen) atoms. The average Bonchev–Trinajstić information content (AvgIpc) is 3.28. The van der Waals surface area contributed by atoms with Crippen molar-refractivity contribution in [2.45, 2.75) is 51.5 Å². The highest BCUT2D eigenvalue weighted by Crippen LogP contribution is 2.33. The standard InChI is InChI=1S/C18H25N5O2/c1-12-10-17(25-21-12)20-16(24)11-23-9-5-8-15(23)18-19-13-6-3-4-7-14(13)22(18)2/h10,15H,3-9,11H2,1-2H3,(H,20,24)/t15-/m1/s1. The van der Waals surface area contributed by atoms with E-state index in [0.717, 1.165) is 43.7 Å². The first-order valence-electron chi connectivity index (χ1n) is 9.13. The zero-order chi connectivity index (χ0) is 17.4. The number of rotatable bonds is 4. The van der Waals surface area contributed by atoms with E-state index in [1.165, 1.54) is 24.2 Å². The van der Waals surface area contributed by atoms with Crippen LogP contribution in [-0.4, -0.2) is 38.6 Å². The maximum Gasteiger partial charge on any atom is 0.240 e. The fraction of sp³-hybridized carbons (Fsp3) is 0.611. The van der Waals surface area contributed by atoms with Gasteiger partial charge in [-0.05, 0) is 52.0 Å². The molecule has 2 aromatic rings. The molecule has 7 nitrogen and oxygen atoms in total. The van der Waals surface area contributed by atoms with Crippen LogP contribution in [0.2, 0.25) is 0 Å². The van der Waals surface area contributed by atoms with Gasteiger partial charge in [-0.1, -0.05) is 5.16 Å². The van der Waals surface area contributed by atoms with Crippen LogP contribution in [0.15, 0.2) is 10.6 Å². The van der Waals surface area contributed by atoms with Crippen LogP contribution in [0.3, 0.4) is 0 Å². The van der Waals surface area contributed by atoms with Crippen molar-refractivity contribution in [1.82, 2.24) is 19.6 Å². The molecule has 1 aliphatic carbocycles. The lowest BCUT2D eigenvalue weighted by Crippen LogP contribution is -2.33. The van der Waals surface area contributed by atoms with E-state index in [1.807, 2.05) is 6.92 Å². The van der Waals surface area contributed by atoms with Gasteiger partial charge in [0.2, 0.25) is 11.8 Å². The summed E-state index contributed by atoms with van der Waals surface area (Å²) in [5.74, 6) is 1.46. The van der Waals surface area contributed by atoms with Gasteiger partial charge in [-0.2, -0.15) is 0 Å². The number of aryl methyl sites for hydroxylation is 2. The lowest BCUT2D eigenvalue weighted by atomic mass is 10.0. The summed E-state index contributed by atoms with van der Waals surface area (Å²) in [5.41, 5.74) is 3.40. The number of likely N-dealkylation sites (tertiary alicyclic amines) is 1. The monoisotopic (exact) mass is 343 g/mol. The summed E-state index contributed by atoms with van der Waals surface area (Å²) in [5, 5.41) is 6.58. The fourth-order valence-electron chi connectivity index (χ4n) is 4.10. The Balaban J connectivity index is 1.47. The second kappa shape index (κ2) is 6.63. The molecule has 7 heteroatoms. The Kier molecular flexibility index (Phi) is 4.33. The largest absolute Gasteiger partial charge is 0.338 e. The molecular formula is C18H25N5O2. The molecule has 0 bridgehead atoms. The normalized spacial score (nSPS) is 20.6. The van der Waals surface area contributed by atoms with Gasteiger partial charge in [0.1, 0.15) is 5.82 Å². The number of nitrogens with zero attached hydrogens (tertiary/aromatic N) is 4. The van der Waals surface area contributed by atoms with Gasteiger partial charge in [0.15, 0.2) is 0 Å². The van der Waals surface area contributed by atoms with E-state index >= 15 is 0 Å². The number of hydrogen-bond donors (Lipinski definition) is 1. The number of nitrogens with one attached hydrogen (secondary N) is 1. The number of hydrogen-bond acceptors (Lipinski definition) is 5. The predicted molar refractivity (Wildman–Crippen MR) is 93.3 cm³/mol. The topological polar surface area (TPSA) is 76.2 Å². The van der Waals surface area contributed by atoms with Crippen LogP contribution in [0.4, 0.5) is 5.88 Å². The van der Waals surface area contributed by atoms with E-state index in [0.29, 0.717) is 12.4 Å². The summed E-state index contributed by atoms with van der Waals surface area (Å²) in [6.07, 6.45) is 6.84. The molecular weight excluding hydrogens is 318 g/mol. The van der Waals surface area contributed by atoms with E-state index in [4.69, 9.17) is 9.51 Å². The van der Waals surface area contributed by atoms with Crippen LogP contribution in [0.5, 0.6) is 0 Å². The van der Waals surface area contributed by atoms with Gasteiger partial charge in [-0.25, -0.2) is 4.98 Å². The first-order valence-corrected chi connectivity index (χ1v) is 9.13. The quantitative estimate of drug-likeness (QED) is 0.922. The van der Waals surface area contributed by atoms with Crippen molar-refractivity contribution in [2.24, 2.45) is 7.05 Å². The summed E-state index contributed by atoms with van der Waals surface area (Å²) in [4.78, 5) is 19.5. The van der Waals surface area contributed by atoms with Crippen LogP contribution < -0.4 is 5.32 Å². The number of imidazole rings is 1. The van der Waals surface area contributed by atoms with Crippen LogP contribution in [-0.2, 0) is 24.7 Å². The Hall–Kier alpha value is -2.15. The molecule has 3 heterocycles. The Labute approximate surface area is 147 Å². The molecule has 0 radical (unpaired) electrons. The van der Waals surface area contributed by atoms with Crippen molar-refractivity contribution in [3.05, 3.63) is 29.0 Å². The van der Waals surface area contributed by atoms with Crippen molar-refractivity contribution < 1.29 is 9.32 Å². The number of aromatic nitrogens is 3. The maximum atomic E-state index is 12.4. The lowest BCUT2D eigenvalue weighted by Gasteiger charge is -2.23. The Morgan fingerprint density at radius 2 is 2.20 bits per heavy atom. The molecule has 1 saturated heterocycles. The molecule has 1 N–H and O–H groups in total. The molecule has 0 saturated carbocycles. The number of fused-ring (bicyclic) bond motifs is 1. The summed E-state index contributed by atoms with van der Waals surface area (Å²) < 4.78 is 7.34. The van der Waals surface area contributed by atoms with Gasteiger partial charge in [0, 0.05) is 18.8 Å². The third kappa shape index (κ3) is 3.20. The molecule has 134 valence electrons. The Morgan fingerprint density at radius 3 is 2.96 bits per heavy atom. The molecule has 1 fully saturated rings. The Morgan fingerprint density at radius 1 is 1.36 bits per heavy atom. The summed E-state index contributed by atoms with van der Waals surface area (Å²) in [6.45, 7) is 3.10. The highest BCUT2D eigenvalue weighted by Gasteiger charge is 2.32. The second-order valence-electron chi connectivity index (χ2n) is 7.14. The summed E-state index contributed by atoms with van der Waals surface area (Å²) >= 11 is 0. The minimum absolute atomic E-state index is 0.0676. The number of carbonyl (C=O) groups is 1. The predicted octanol–water partition coefficient (Wildman–Crippen LogP) is 2.37. The summed E-state index contributed by atoms with van der Waals surface area (Å²) in [7, 11) is 2.13. The number of anilines is 1. The van der Waals surface area contributed by atoms with Gasteiger partial charge >= 0.3 is 0 Å². The van der Waals surface area contributed by atoms with E-state index in [1.54, 1.807) is 6.07 Å². The lowest BCUT2D eigenvalue weighted by molar-refractivity contribution is -0.117. The third-order valence-corrected chi connectivity index (χ3v) is 5.31. The van der Waals surface area contributed by atoms with E-state index in [9.17, 15) is 4.79 Å². The van der Waals surface area contributed by atoms with Gasteiger partial charge in [0.05, 0.1) is 24.0 Å². The van der Waals surface area contributed by atoms with E-state index < -0.39 is 0 Å². The zero-order valence-corrected chi connectivity index (χ0v) is 14.9. The van der Waals surface area contributed by atoms with Crippen LogP contribution >= 0.6 is 0 Å². The smallest absolute Gasteiger partial charge is 0.240 e. The van der Waals surface area contributed by atoms with Gasteiger partial charge in [-0.15, -0.1) is 0 Å². The maximum absolute atomic E-state index is 12.4. The fourth-order valence-corrected chi connectivity index (χ4v) is 4.10. The molecule has 2 aliphatic rings. The van der Waals surface area contributed by atoms with Crippen molar-refractivity contribution in [3.63, 3.8) is 0 Å².